The lowest BCUT2D eigenvalue weighted by molar-refractivity contribution is -0.00683. The molecule has 1 saturated heterocycles. The molecule has 3 N–H and O–H groups in total. The number of hydrogen-bond donors (Lipinski definition) is 3. The van der Waals surface area contributed by atoms with Gasteiger partial charge in [-0.3, -0.25) is 9.89 Å². The van der Waals surface area contributed by atoms with Crippen LogP contribution in [0.15, 0.2) is 29.3 Å². The van der Waals surface area contributed by atoms with Crippen molar-refractivity contribution in [2.45, 2.75) is 39.7 Å². The lowest BCUT2D eigenvalue weighted by Gasteiger charge is -2.39. The number of benzene rings is 1. The van der Waals surface area contributed by atoms with Crippen molar-refractivity contribution < 1.29 is 4.74 Å². The van der Waals surface area contributed by atoms with E-state index < -0.39 is 0 Å². The highest BCUT2D eigenvalue weighted by atomic mass is 127. The van der Waals surface area contributed by atoms with Gasteiger partial charge in [0.15, 0.2) is 5.96 Å². The molecule has 2 heterocycles. The van der Waals surface area contributed by atoms with Gasteiger partial charge in [-0.05, 0) is 45.7 Å². The second-order valence-electron chi connectivity index (χ2n) is 8.06. The summed E-state index contributed by atoms with van der Waals surface area (Å²) in [6, 6.07) is 8.51. The smallest absolute Gasteiger partial charge is 0.191 e. The van der Waals surface area contributed by atoms with Gasteiger partial charge in [0, 0.05) is 48.3 Å². The molecule has 0 spiro atoms. The third-order valence-electron chi connectivity index (χ3n) is 5.53. The standard InChI is InChI=1S/C22H35N5O.HI/c1-5-23-21(25-16-22(3,4)27-12-14-28-15-13-27)24-11-10-18-17(2)26-20-9-7-6-8-19(18)20;/h6-9,26H,5,10-16H2,1-4H3,(H2,23,24,25);1H. The van der Waals surface area contributed by atoms with Gasteiger partial charge in [-0.2, -0.15) is 0 Å². The van der Waals surface area contributed by atoms with Crippen molar-refractivity contribution in [3.8, 4) is 0 Å². The second-order valence-corrected chi connectivity index (χ2v) is 8.06. The minimum atomic E-state index is 0. The number of halogens is 1. The van der Waals surface area contributed by atoms with Crippen LogP contribution in [-0.2, 0) is 11.2 Å². The average Bonchev–Trinajstić information content (AvgIpc) is 3.02. The second kappa shape index (κ2) is 11.2. The van der Waals surface area contributed by atoms with Gasteiger partial charge in [0.25, 0.3) is 0 Å². The Balaban J connectivity index is 0.00000300. The number of H-pyrrole nitrogens is 1. The van der Waals surface area contributed by atoms with E-state index in [1.54, 1.807) is 0 Å². The Hall–Kier alpha value is -1.32. The average molecular weight is 513 g/mol. The van der Waals surface area contributed by atoms with E-state index >= 15 is 0 Å². The van der Waals surface area contributed by atoms with E-state index in [2.05, 4.69) is 72.5 Å². The van der Waals surface area contributed by atoms with Crippen LogP contribution in [0.25, 0.3) is 10.9 Å². The molecule has 29 heavy (non-hydrogen) atoms. The van der Waals surface area contributed by atoms with Crippen molar-refractivity contribution in [1.29, 1.82) is 0 Å². The molecule has 0 unspecified atom stereocenters. The molecule has 162 valence electrons. The summed E-state index contributed by atoms with van der Waals surface area (Å²) in [5.74, 6) is 0.890. The van der Waals surface area contributed by atoms with Crippen molar-refractivity contribution in [2.75, 3.05) is 45.9 Å². The first-order valence-corrected chi connectivity index (χ1v) is 10.4. The Morgan fingerprint density at radius 1 is 1.21 bits per heavy atom. The van der Waals surface area contributed by atoms with Crippen molar-refractivity contribution in [3.63, 3.8) is 0 Å². The molecular formula is C22H36IN5O. The van der Waals surface area contributed by atoms with Crippen LogP contribution >= 0.6 is 24.0 Å². The molecule has 6 nitrogen and oxygen atoms in total. The van der Waals surface area contributed by atoms with Crippen molar-refractivity contribution in [2.24, 2.45) is 4.99 Å². The summed E-state index contributed by atoms with van der Waals surface area (Å²) in [4.78, 5) is 10.8. The highest BCUT2D eigenvalue weighted by Gasteiger charge is 2.28. The molecule has 2 aromatic rings. The van der Waals surface area contributed by atoms with Crippen molar-refractivity contribution in [1.82, 2.24) is 20.5 Å². The van der Waals surface area contributed by atoms with Gasteiger partial charge in [-0.15, -0.1) is 24.0 Å². The first kappa shape index (κ1) is 24.0. The number of nitrogens with one attached hydrogen (secondary N) is 3. The van der Waals surface area contributed by atoms with Gasteiger partial charge in [0.1, 0.15) is 0 Å². The molecule has 1 aliphatic rings. The normalized spacial score (nSPS) is 15.9. The fourth-order valence-electron chi connectivity index (χ4n) is 3.85. The fraction of sp³-hybridized carbons (Fsp3) is 0.591. The van der Waals surface area contributed by atoms with Gasteiger partial charge in [0.05, 0.1) is 19.8 Å². The maximum atomic E-state index is 5.48. The zero-order chi connectivity index (χ0) is 20.0. The fourth-order valence-corrected chi connectivity index (χ4v) is 3.85. The number of hydrogen-bond acceptors (Lipinski definition) is 3. The number of aliphatic imine (C=N–C) groups is 1. The highest BCUT2D eigenvalue weighted by molar-refractivity contribution is 14.0. The molecule has 1 aliphatic heterocycles. The number of para-hydroxylation sites is 1. The Labute approximate surface area is 191 Å². The molecule has 0 saturated carbocycles. The van der Waals surface area contributed by atoms with E-state index in [0.29, 0.717) is 0 Å². The van der Waals surface area contributed by atoms with E-state index in [0.717, 1.165) is 58.3 Å². The maximum Gasteiger partial charge on any atom is 0.191 e. The van der Waals surface area contributed by atoms with Crippen molar-refractivity contribution in [3.05, 3.63) is 35.5 Å². The molecule has 1 aromatic heterocycles. The molecule has 0 bridgehead atoms. The molecule has 0 atom stereocenters. The molecule has 0 aliphatic carbocycles. The summed E-state index contributed by atoms with van der Waals surface area (Å²) in [5, 5.41) is 8.20. The summed E-state index contributed by atoms with van der Waals surface area (Å²) >= 11 is 0. The topological polar surface area (TPSA) is 64.7 Å². The number of rotatable bonds is 7. The Morgan fingerprint density at radius 3 is 2.66 bits per heavy atom. The Kier molecular flexibility index (Phi) is 9.23. The van der Waals surface area contributed by atoms with Crippen LogP contribution in [0.4, 0.5) is 0 Å². The zero-order valence-electron chi connectivity index (χ0n) is 18.2. The quantitative estimate of drug-likeness (QED) is 0.302. The number of aromatic nitrogens is 1. The highest BCUT2D eigenvalue weighted by Crippen LogP contribution is 2.22. The largest absolute Gasteiger partial charge is 0.379 e. The van der Waals surface area contributed by atoms with E-state index in [4.69, 9.17) is 9.73 Å². The molecule has 0 radical (unpaired) electrons. The van der Waals surface area contributed by atoms with Crippen LogP contribution < -0.4 is 10.6 Å². The molecular weight excluding hydrogens is 477 g/mol. The van der Waals surface area contributed by atoms with Gasteiger partial charge < -0.3 is 20.4 Å². The number of guanidine groups is 1. The number of aryl methyl sites for hydroxylation is 1. The van der Waals surface area contributed by atoms with E-state index in [1.165, 1.54) is 22.2 Å². The van der Waals surface area contributed by atoms with Crippen LogP contribution in [0.2, 0.25) is 0 Å². The molecule has 1 fully saturated rings. The summed E-state index contributed by atoms with van der Waals surface area (Å²) in [6.45, 7) is 14.8. The van der Waals surface area contributed by atoms with Crippen LogP contribution in [0.1, 0.15) is 32.0 Å². The van der Waals surface area contributed by atoms with Crippen molar-refractivity contribution >= 4 is 40.8 Å². The Morgan fingerprint density at radius 2 is 1.93 bits per heavy atom. The van der Waals surface area contributed by atoms with Crippen LogP contribution in [0.5, 0.6) is 0 Å². The SMILES string of the molecule is CCNC(=NCC(C)(C)N1CCOCC1)NCCc1c(C)[nH]c2ccccc12.I. The summed E-state index contributed by atoms with van der Waals surface area (Å²) in [6.07, 6.45) is 0.965. The minimum absolute atomic E-state index is 0. The first-order valence-electron chi connectivity index (χ1n) is 10.4. The van der Waals surface area contributed by atoms with E-state index in [-0.39, 0.29) is 29.5 Å². The van der Waals surface area contributed by atoms with Gasteiger partial charge in [0.2, 0.25) is 0 Å². The molecule has 0 amide bonds. The van der Waals surface area contributed by atoms with E-state index in [1.807, 2.05) is 0 Å². The number of aromatic amines is 1. The lowest BCUT2D eigenvalue weighted by atomic mass is 10.0. The molecule has 3 rings (SSSR count). The summed E-state index contributed by atoms with van der Waals surface area (Å²) < 4.78 is 5.48. The van der Waals surface area contributed by atoms with E-state index in [9.17, 15) is 0 Å². The monoisotopic (exact) mass is 513 g/mol. The third kappa shape index (κ3) is 6.33. The number of morpholine rings is 1. The third-order valence-corrected chi connectivity index (χ3v) is 5.53. The van der Waals surface area contributed by atoms with Gasteiger partial charge in [-0.25, -0.2) is 0 Å². The summed E-state index contributed by atoms with van der Waals surface area (Å²) in [5.41, 5.74) is 3.87. The van der Waals surface area contributed by atoms with Crippen LogP contribution in [-0.4, -0.2) is 67.3 Å². The maximum absolute atomic E-state index is 5.48. The minimum Gasteiger partial charge on any atom is -0.379 e. The lowest BCUT2D eigenvalue weighted by Crippen LogP contribution is -2.52. The number of ether oxygens (including phenoxy) is 1. The molecule has 1 aromatic carbocycles. The van der Waals surface area contributed by atoms with Crippen LogP contribution in [0, 0.1) is 6.92 Å². The number of fused-ring (bicyclic) bond motifs is 1. The zero-order valence-corrected chi connectivity index (χ0v) is 20.5. The van der Waals surface area contributed by atoms with Gasteiger partial charge >= 0.3 is 0 Å². The predicted octanol–water partition coefficient (Wildman–Crippen LogP) is 3.30. The molecule has 7 heteroatoms. The summed E-state index contributed by atoms with van der Waals surface area (Å²) in [7, 11) is 0. The Bertz CT molecular complexity index is 796. The van der Waals surface area contributed by atoms with Crippen LogP contribution in [0.3, 0.4) is 0 Å². The number of nitrogens with zero attached hydrogens (tertiary/aromatic N) is 2. The predicted molar refractivity (Wildman–Crippen MR) is 133 cm³/mol. The van der Waals surface area contributed by atoms with Gasteiger partial charge in [-0.1, -0.05) is 18.2 Å². The first-order chi connectivity index (χ1) is 13.5.